The van der Waals surface area contributed by atoms with Crippen molar-refractivity contribution in [2.45, 2.75) is 13.5 Å². The Morgan fingerprint density at radius 3 is 2.82 bits per heavy atom. The molecule has 0 aliphatic carbocycles. The maximum absolute atomic E-state index is 11.4. The van der Waals surface area contributed by atoms with Crippen LogP contribution < -0.4 is 5.73 Å². The molecule has 0 bridgehead atoms. The van der Waals surface area contributed by atoms with Crippen LogP contribution in [0.15, 0.2) is 12.7 Å². The number of nitrogen functional groups attached to an aromatic ring is 1. The van der Waals surface area contributed by atoms with Crippen molar-refractivity contribution in [2.24, 2.45) is 0 Å². The van der Waals surface area contributed by atoms with Crippen LogP contribution in [0.2, 0.25) is 0 Å². The van der Waals surface area contributed by atoms with Gasteiger partial charge in [-0.2, -0.15) is 0 Å². The molecule has 2 aromatic rings. The van der Waals surface area contributed by atoms with Gasteiger partial charge in [0.25, 0.3) is 0 Å². The number of aryl methyl sites for hydroxylation is 1. The molecule has 0 saturated heterocycles. The molecule has 8 heteroatoms. The van der Waals surface area contributed by atoms with Crippen molar-refractivity contribution < 1.29 is 8.42 Å². The Balaban J connectivity index is 2.29. The Hall–Kier alpha value is -1.70. The number of aromatic nitrogens is 4. The fourth-order valence-corrected chi connectivity index (χ4v) is 2.21. The molecule has 0 spiro atoms. The average Bonchev–Trinajstić information content (AvgIpc) is 2.71. The van der Waals surface area contributed by atoms with Gasteiger partial charge in [0.2, 0.25) is 0 Å². The number of hydrogen-bond acceptors (Lipinski definition) is 6. The molecule has 0 fully saturated rings. The van der Waals surface area contributed by atoms with Gasteiger partial charge < -0.3 is 10.3 Å². The summed E-state index contributed by atoms with van der Waals surface area (Å²) in [5.41, 5.74) is 6.69. The highest BCUT2D eigenvalue weighted by Crippen LogP contribution is 2.14. The minimum absolute atomic E-state index is 0.0683. The highest BCUT2D eigenvalue weighted by Gasteiger charge is 2.11. The summed E-state index contributed by atoms with van der Waals surface area (Å²) in [6.07, 6.45) is 2.87. The van der Waals surface area contributed by atoms with E-state index >= 15 is 0 Å². The van der Waals surface area contributed by atoms with Gasteiger partial charge in [-0.15, -0.1) is 0 Å². The second-order valence-corrected chi connectivity index (χ2v) is 6.08. The molecule has 2 N–H and O–H groups in total. The number of nitrogens with two attached hydrogens (primary N) is 1. The van der Waals surface area contributed by atoms with Crippen molar-refractivity contribution in [3.8, 4) is 0 Å². The minimum Gasteiger partial charge on any atom is -0.382 e. The molecule has 0 aliphatic rings. The van der Waals surface area contributed by atoms with Crippen molar-refractivity contribution in [1.82, 2.24) is 19.5 Å². The van der Waals surface area contributed by atoms with Crippen LogP contribution in [-0.4, -0.2) is 39.4 Å². The summed E-state index contributed by atoms with van der Waals surface area (Å²) < 4.78 is 24.5. The molecule has 0 aliphatic heterocycles. The fourth-order valence-electron chi connectivity index (χ4n) is 1.44. The Labute approximate surface area is 98.6 Å². The van der Waals surface area contributed by atoms with Crippen LogP contribution >= 0.6 is 0 Å². The number of sulfone groups is 1. The van der Waals surface area contributed by atoms with Crippen LogP contribution in [0.4, 0.5) is 5.82 Å². The average molecular weight is 255 g/mol. The van der Waals surface area contributed by atoms with Crippen LogP contribution in [0.25, 0.3) is 11.2 Å². The molecule has 2 heterocycles. The third kappa shape index (κ3) is 2.36. The number of imidazole rings is 1. The van der Waals surface area contributed by atoms with Crippen LogP contribution in [0.3, 0.4) is 0 Å². The standard InChI is InChI=1S/C9H13N5O2S/c1-2-17(15,16)4-3-14-6-13-7-8(10)11-5-12-9(7)14/h5-6H,2-4H2,1H3,(H2,10,11,12). The molecule has 0 radical (unpaired) electrons. The van der Waals surface area contributed by atoms with Gasteiger partial charge in [0.15, 0.2) is 21.3 Å². The molecule has 2 rings (SSSR count). The number of nitrogens with zero attached hydrogens (tertiary/aromatic N) is 4. The monoisotopic (exact) mass is 255 g/mol. The van der Waals surface area contributed by atoms with Gasteiger partial charge in [-0.3, -0.25) is 0 Å². The van der Waals surface area contributed by atoms with Crippen molar-refractivity contribution >= 4 is 26.8 Å². The second-order valence-electron chi connectivity index (χ2n) is 3.61. The van der Waals surface area contributed by atoms with E-state index < -0.39 is 9.84 Å². The lowest BCUT2D eigenvalue weighted by molar-refractivity contribution is 0.591. The zero-order valence-corrected chi connectivity index (χ0v) is 10.2. The molecular weight excluding hydrogens is 242 g/mol. The van der Waals surface area contributed by atoms with E-state index in [9.17, 15) is 8.42 Å². The van der Waals surface area contributed by atoms with Crippen molar-refractivity contribution in [1.29, 1.82) is 0 Å². The maximum Gasteiger partial charge on any atom is 0.165 e. The molecule has 2 aromatic heterocycles. The first kappa shape index (κ1) is 11.8. The van der Waals surface area contributed by atoms with Gasteiger partial charge in [-0.05, 0) is 0 Å². The topological polar surface area (TPSA) is 104 Å². The third-order valence-electron chi connectivity index (χ3n) is 2.51. The largest absolute Gasteiger partial charge is 0.382 e. The van der Waals surface area contributed by atoms with E-state index in [-0.39, 0.29) is 11.5 Å². The molecule has 0 aromatic carbocycles. The fraction of sp³-hybridized carbons (Fsp3) is 0.444. The Bertz CT molecular complexity index is 634. The molecule has 92 valence electrons. The molecule has 0 amide bonds. The summed E-state index contributed by atoms with van der Waals surface area (Å²) in [4.78, 5) is 11.9. The van der Waals surface area contributed by atoms with Crippen LogP contribution in [-0.2, 0) is 16.4 Å². The lowest BCUT2D eigenvalue weighted by Gasteiger charge is -2.03. The summed E-state index contributed by atoms with van der Waals surface area (Å²) in [6.45, 7) is 1.95. The summed E-state index contributed by atoms with van der Waals surface area (Å²) in [5.74, 6) is 0.502. The van der Waals surface area contributed by atoms with Crippen molar-refractivity contribution in [2.75, 3.05) is 17.2 Å². The zero-order chi connectivity index (χ0) is 12.5. The van der Waals surface area contributed by atoms with Crippen molar-refractivity contribution in [3.05, 3.63) is 12.7 Å². The molecule has 7 nitrogen and oxygen atoms in total. The van der Waals surface area contributed by atoms with Gasteiger partial charge >= 0.3 is 0 Å². The first-order valence-corrected chi connectivity index (χ1v) is 6.97. The van der Waals surface area contributed by atoms with E-state index in [0.717, 1.165) is 0 Å². The summed E-state index contributed by atoms with van der Waals surface area (Å²) in [6, 6.07) is 0. The maximum atomic E-state index is 11.4. The number of rotatable bonds is 4. The van der Waals surface area contributed by atoms with E-state index in [2.05, 4.69) is 15.0 Å². The van der Waals surface area contributed by atoms with Crippen LogP contribution in [0.5, 0.6) is 0 Å². The van der Waals surface area contributed by atoms with E-state index in [1.54, 1.807) is 11.5 Å². The van der Waals surface area contributed by atoms with Gasteiger partial charge in [0.1, 0.15) is 11.8 Å². The molecular formula is C9H13N5O2S. The Morgan fingerprint density at radius 2 is 2.12 bits per heavy atom. The lowest BCUT2D eigenvalue weighted by Crippen LogP contribution is -2.14. The van der Waals surface area contributed by atoms with Gasteiger partial charge in [-0.25, -0.2) is 23.4 Å². The molecule has 0 atom stereocenters. The smallest absolute Gasteiger partial charge is 0.165 e. The number of hydrogen-bond donors (Lipinski definition) is 1. The van der Waals surface area contributed by atoms with E-state index in [0.29, 0.717) is 23.5 Å². The minimum atomic E-state index is -3.00. The van der Waals surface area contributed by atoms with Gasteiger partial charge in [-0.1, -0.05) is 6.92 Å². The SMILES string of the molecule is CCS(=O)(=O)CCn1cnc2c(N)ncnc21. The van der Waals surface area contributed by atoms with Crippen LogP contribution in [0, 0.1) is 0 Å². The Kier molecular flexibility index (Phi) is 2.97. The first-order valence-electron chi connectivity index (χ1n) is 5.15. The summed E-state index contributed by atoms with van der Waals surface area (Å²) in [5, 5.41) is 0. The van der Waals surface area contributed by atoms with Gasteiger partial charge in [0.05, 0.1) is 12.1 Å². The van der Waals surface area contributed by atoms with E-state index in [4.69, 9.17) is 5.73 Å². The van der Waals surface area contributed by atoms with E-state index in [1.807, 2.05) is 0 Å². The normalized spacial score (nSPS) is 12.1. The second kappa shape index (κ2) is 4.28. The first-order chi connectivity index (χ1) is 8.03. The predicted octanol–water partition coefficient (Wildman–Crippen LogP) is -0.157. The zero-order valence-electron chi connectivity index (χ0n) is 9.37. The number of fused-ring (bicyclic) bond motifs is 1. The van der Waals surface area contributed by atoms with E-state index in [1.165, 1.54) is 12.7 Å². The lowest BCUT2D eigenvalue weighted by atomic mass is 10.5. The third-order valence-corrected chi connectivity index (χ3v) is 4.20. The quantitative estimate of drug-likeness (QED) is 0.814. The highest BCUT2D eigenvalue weighted by atomic mass is 32.2. The molecule has 0 saturated carbocycles. The predicted molar refractivity (Wildman–Crippen MR) is 64.1 cm³/mol. The molecule has 17 heavy (non-hydrogen) atoms. The number of anilines is 1. The van der Waals surface area contributed by atoms with Crippen LogP contribution in [0.1, 0.15) is 6.92 Å². The summed E-state index contributed by atoms with van der Waals surface area (Å²) >= 11 is 0. The van der Waals surface area contributed by atoms with Gasteiger partial charge in [0, 0.05) is 12.3 Å². The Morgan fingerprint density at radius 1 is 1.35 bits per heavy atom. The molecule has 0 unspecified atom stereocenters. The summed E-state index contributed by atoms with van der Waals surface area (Å²) in [7, 11) is -3.00. The highest BCUT2D eigenvalue weighted by molar-refractivity contribution is 7.91. The van der Waals surface area contributed by atoms with Crippen molar-refractivity contribution in [3.63, 3.8) is 0 Å².